The largest absolute Gasteiger partial charge is 0.349 e. The van der Waals surface area contributed by atoms with Crippen molar-refractivity contribution >= 4 is 28.5 Å². The van der Waals surface area contributed by atoms with Crippen molar-refractivity contribution in [2.24, 2.45) is 5.92 Å². The first kappa shape index (κ1) is 17.5. The van der Waals surface area contributed by atoms with Crippen molar-refractivity contribution in [1.29, 1.82) is 0 Å². The molecule has 3 heterocycles. The number of aromatic nitrogens is 1. The fourth-order valence-corrected chi connectivity index (χ4v) is 4.17. The van der Waals surface area contributed by atoms with E-state index in [4.69, 9.17) is 0 Å². The highest BCUT2D eigenvalue weighted by Crippen LogP contribution is 2.26. The highest BCUT2D eigenvalue weighted by Gasteiger charge is 2.25. The molecule has 2 aromatic rings. The quantitative estimate of drug-likeness (QED) is 0.668. The third-order valence-electron chi connectivity index (χ3n) is 5.56. The van der Waals surface area contributed by atoms with Crippen LogP contribution in [0.1, 0.15) is 40.1 Å². The summed E-state index contributed by atoms with van der Waals surface area (Å²) >= 11 is 0. The number of piperidine rings is 1. The Hall–Kier alpha value is -2.89. The summed E-state index contributed by atoms with van der Waals surface area (Å²) in [6, 6.07) is 7.52. The molecule has 2 amide bonds. The lowest BCUT2D eigenvalue weighted by atomic mass is 9.90. The molecule has 0 saturated carbocycles. The van der Waals surface area contributed by atoms with E-state index in [-0.39, 0.29) is 23.5 Å². The van der Waals surface area contributed by atoms with Crippen LogP contribution in [0.3, 0.4) is 0 Å². The molecule has 0 unspecified atom stereocenters. The van der Waals surface area contributed by atoms with Crippen LogP contribution < -0.4 is 5.32 Å². The summed E-state index contributed by atoms with van der Waals surface area (Å²) in [6.45, 7) is 6.20. The Morgan fingerprint density at radius 1 is 1.26 bits per heavy atom. The fourth-order valence-electron chi connectivity index (χ4n) is 4.17. The Morgan fingerprint density at radius 2 is 2.11 bits per heavy atom. The van der Waals surface area contributed by atoms with E-state index < -0.39 is 0 Å². The van der Waals surface area contributed by atoms with Gasteiger partial charge in [0.2, 0.25) is 5.91 Å². The first-order chi connectivity index (χ1) is 13.1. The summed E-state index contributed by atoms with van der Waals surface area (Å²) in [5.74, 6) is 0.134. The number of amides is 2. The third-order valence-corrected chi connectivity index (χ3v) is 5.56. The predicted molar refractivity (Wildman–Crippen MR) is 103 cm³/mol. The lowest BCUT2D eigenvalue weighted by Crippen LogP contribution is -2.39. The number of carbonyl (C=O) groups excluding carboxylic acids is 3. The Balaban J connectivity index is 1.53. The third kappa shape index (κ3) is 3.27. The number of carbonyl (C=O) groups is 3. The molecule has 1 saturated heterocycles. The van der Waals surface area contributed by atoms with Crippen molar-refractivity contribution in [3.05, 3.63) is 48.2 Å². The second-order valence-electron chi connectivity index (χ2n) is 7.33. The predicted octanol–water partition coefficient (Wildman–Crippen LogP) is 2.38. The topological polar surface area (TPSA) is 71.4 Å². The number of Topliss-reactive ketones (excluding diaryl/α,β-unsaturated/α-hetero) is 1. The zero-order valence-corrected chi connectivity index (χ0v) is 15.2. The van der Waals surface area contributed by atoms with Crippen molar-refractivity contribution in [2.45, 2.75) is 25.8 Å². The first-order valence-corrected chi connectivity index (χ1v) is 9.43. The van der Waals surface area contributed by atoms with Gasteiger partial charge in [-0.25, -0.2) is 0 Å². The average Bonchev–Trinajstić information content (AvgIpc) is 3.07. The molecular weight excluding hydrogens is 342 g/mol. The maximum absolute atomic E-state index is 12.8. The Kier molecular flexibility index (Phi) is 4.56. The smallest absolute Gasteiger partial charge is 0.268 e. The molecule has 140 valence electrons. The summed E-state index contributed by atoms with van der Waals surface area (Å²) in [6.07, 6.45) is 3.64. The lowest BCUT2D eigenvalue weighted by Gasteiger charge is -2.31. The van der Waals surface area contributed by atoms with Gasteiger partial charge in [0.15, 0.2) is 5.78 Å². The number of rotatable bonds is 4. The molecule has 1 N–H and O–H groups in total. The van der Waals surface area contributed by atoms with Crippen LogP contribution in [0.2, 0.25) is 0 Å². The monoisotopic (exact) mass is 365 g/mol. The molecule has 6 nitrogen and oxygen atoms in total. The normalized spacial score (nSPS) is 19.5. The van der Waals surface area contributed by atoms with Crippen LogP contribution in [0.15, 0.2) is 36.9 Å². The Bertz CT molecular complexity index is 944. The Labute approximate surface area is 157 Å². The molecule has 1 aromatic carbocycles. The molecule has 0 bridgehead atoms. The van der Waals surface area contributed by atoms with E-state index in [1.807, 2.05) is 28.8 Å². The minimum absolute atomic E-state index is 0.0633. The number of hydrogen-bond donors (Lipinski definition) is 1. The lowest BCUT2D eigenvalue weighted by molar-refractivity contribution is -0.127. The van der Waals surface area contributed by atoms with E-state index in [0.29, 0.717) is 37.3 Å². The van der Waals surface area contributed by atoms with Crippen molar-refractivity contribution in [3.63, 3.8) is 0 Å². The molecule has 1 fully saturated rings. The molecule has 6 heteroatoms. The van der Waals surface area contributed by atoms with Gasteiger partial charge in [-0.1, -0.05) is 18.7 Å². The van der Waals surface area contributed by atoms with Gasteiger partial charge < -0.3 is 14.8 Å². The first-order valence-electron chi connectivity index (χ1n) is 9.43. The van der Waals surface area contributed by atoms with Crippen molar-refractivity contribution in [1.82, 2.24) is 14.8 Å². The minimum atomic E-state index is -0.0699. The van der Waals surface area contributed by atoms with Crippen LogP contribution in [-0.4, -0.2) is 46.7 Å². The van der Waals surface area contributed by atoms with Crippen LogP contribution in [0.5, 0.6) is 0 Å². The number of likely N-dealkylation sites (tertiary alicyclic amines) is 1. The number of hydrogen-bond acceptors (Lipinski definition) is 3. The van der Waals surface area contributed by atoms with Gasteiger partial charge in [0.05, 0.1) is 0 Å². The second kappa shape index (κ2) is 7.02. The maximum Gasteiger partial charge on any atom is 0.268 e. The van der Waals surface area contributed by atoms with E-state index in [9.17, 15) is 14.4 Å². The zero-order chi connectivity index (χ0) is 19.0. The summed E-state index contributed by atoms with van der Waals surface area (Å²) in [5.41, 5.74) is 2.24. The van der Waals surface area contributed by atoms with E-state index in [0.717, 1.165) is 30.3 Å². The van der Waals surface area contributed by atoms with Crippen molar-refractivity contribution in [2.75, 3.05) is 19.6 Å². The standard InChI is InChI=1S/C21H23N3O3/c1-2-20(26)23-8-3-4-14(13-23)10-19(25)16-6-5-15-11-18-21(27)22-7-9-24(18)17(15)12-16/h2,5-6,11-12,14H,1,3-4,7-10,13H2,(H,22,27)/t14-/m0/s1. The van der Waals surface area contributed by atoms with E-state index in [1.54, 1.807) is 4.90 Å². The maximum atomic E-state index is 12.8. The Morgan fingerprint density at radius 3 is 2.93 bits per heavy atom. The van der Waals surface area contributed by atoms with Gasteiger partial charge in [-0.05, 0) is 37.0 Å². The fraction of sp³-hybridized carbons (Fsp3) is 0.381. The molecular formula is C21H23N3O3. The van der Waals surface area contributed by atoms with Crippen LogP contribution in [0, 0.1) is 5.92 Å². The number of fused-ring (bicyclic) bond motifs is 3. The highest BCUT2D eigenvalue weighted by molar-refractivity contribution is 6.03. The van der Waals surface area contributed by atoms with Gasteiger partial charge in [-0.2, -0.15) is 0 Å². The number of ketones is 1. The highest BCUT2D eigenvalue weighted by atomic mass is 16.2. The summed E-state index contributed by atoms with van der Waals surface area (Å²) in [5, 5.41) is 3.81. The number of nitrogens with one attached hydrogen (secondary N) is 1. The number of nitrogens with zero attached hydrogens (tertiary/aromatic N) is 2. The van der Waals surface area contributed by atoms with Gasteiger partial charge in [0, 0.05) is 49.1 Å². The van der Waals surface area contributed by atoms with Crippen LogP contribution in [0.4, 0.5) is 0 Å². The van der Waals surface area contributed by atoms with Crippen molar-refractivity contribution in [3.8, 4) is 0 Å². The molecule has 0 radical (unpaired) electrons. The van der Waals surface area contributed by atoms with E-state index in [1.165, 1.54) is 6.08 Å². The molecule has 2 aliphatic heterocycles. The van der Waals surface area contributed by atoms with Crippen LogP contribution in [-0.2, 0) is 11.3 Å². The van der Waals surface area contributed by atoms with Crippen LogP contribution in [0.25, 0.3) is 10.9 Å². The zero-order valence-electron chi connectivity index (χ0n) is 15.2. The van der Waals surface area contributed by atoms with Crippen molar-refractivity contribution < 1.29 is 14.4 Å². The minimum Gasteiger partial charge on any atom is -0.349 e. The average molecular weight is 365 g/mol. The molecule has 0 spiro atoms. The molecule has 0 aliphatic carbocycles. The SMILES string of the molecule is C=CC(=O)N1CCC[C@@H](CC(=O)c2ccc3cc4n(c3c2)CCNC4=O)C1. The van der Waals surface area contributed by atoms with Gasteiger partial charge in [-0.15, -0.1) is 0 Å². The van der Waals surface area contributed by atoms with Crippen LogP contribution >= 0.6 is 0 Å². The second-order valence-corrected chi connectivity index (χ2v) is 7.33. The molecule has 2 aliphatic rings. The van der Waals surface area contributed by atoms with Gasteiger partial charge in [0.1, 0.15) is 5.69 Å². The molecule has 1 aromatic heterocycles. The van der Waals surface area contributed by atoms with E-state index in [2.05, 4.69) is 11.9 Å². The summed E-state index contributed by atoms with van der Waals surface area (Å²) in [7, 11) is 0. The molecule has 1 atom stereocenters. The summed E-state index contributed by atoms with van der Waals surface area (Å²) in [4.78, 5) is 38.5. The number of benzene rings is 1. The van der Waals surface area contributed by atoms with Gasteiger partial charge in [-0.3, -0.25) is 14.4 Å². The molecule has 27 heavy (non-hydrogen) atoms. The van der Waals surface area contributed by atoms with Gasteiger partial charge >= 0.3 is 0 Å². The van der Waals surface area contributed by atoms with E-state index >= 15 is 0 Å². The van der Waals surface area contributed by atoms with Gasteiger partial charge in [0.25, 0.3) is 5.91 Å². The molecule has 4 rings (SSSR count). The summed E-state index contributed by atoms with van der Waals surface area (Å²) < 4.78 is 1.98.